The van der Waals surface area contributed by atoms with E-state index in [0.717, 1.165) is 0 Å². The van der Waals surface area contributed by atoms with Crippen molar-refractivity contribution in [3.63, 3.8) is 0 Å². The largest absolute Gasteiger partial charge is 0.497 e. The first-order chi connectivity index (χ1) is 12.6. The van der Waals surface area contributed by atoms with Gasteiger partial charge in [0, 0.05) is 43.4 Å². The maximum absolute atomic E-state index is 12.5. The van der Waals surface area contributed by atoms with Crippen LogP contribution in [0.25, 0.3) is 0 Å². The molecule has 0 bridgehead atoms. The molecule has 26 heavy (non-hydrogen) atoms. The third-order valence-corrected chi connectivity index (χ3v) is 3.24. The summed E-state index contributed by atoms with van der Waals surface area (Å²) in [6.45, 7) is 0.275. The van der Waals surface area contributed by atoms with E-state index >= 15 is 0 Å². The first-order valence-electron chi connectivity index (χ1n) is 7.60. The SMILES string of the molecule is COCCOC(=O)c1nccnc1C(=O)Nc1cc(OC)cc(OC)c1. The van der Waals surface area contributed by atoms with Crippen LogP contribution < -0.4 is 14.8 Å². The molecular weight excluding hydrogens is 342 g/mol. The molecule has 0 atom stereocenters. The lowest BCUT2D eigenvalue weighted by Crippen LogP contribution is -2.21. The van der Waals surface area contributed by atoms with E-state index in [1.165, 1.54) is 33.7 Å². The molecule has 0 unspecified atom stereocenters. The van der Waals surface area contributed by atoms with Crippen molar-refractivity contribution in [2.24, 2.45) is 0 Å². The summed E-state index contributed by atoms with van der Waals surface area (Å²) in [4.78, 5) is 32.5. The highest BCUT2D eigenvalue weighted by molar-refractivity contribution is 6.08. The quantitative estimate of drug-likeness (QED) is 0.557. The monoisotopic (exact) mass is 361 g/mol. The van der Waals surface area contributed by atoms with E-state index in [4.69, 9.17) is 18.9 Å². The maximum atomic E-state index is 12.5. The molecule has 0 saturated heterocycles. The smallest absolute Gasteiger partial charge is 0.359 e. The zero-order chi connectivity index (χ0) is 18.9. The van der Waals surface area contributed by atoms with Gasteiger partial charge < -0.3 is 24.3 Å². The van der Waals surface area contributed by atoms with Gasteiger partial charge in [-0.05, 0) is 0 Å². The molecule has 9 nitrogen and oxygen atoms in total. The van der Waals surface area contributed by atoms with E-state index < -0.39 is 11.9 Å². The number of carbonyl (C=O) groups excluding carboxylic acids is 2. The van der Waals surface area contributed by atoms with Crippen LogP contribution >= 0.6 is 0 Å². The van der Waals surface area contributed by atoms with Crippen LogP contribution in [-0.4, -0.2) is 56.4 Å². The fourth-order valence-electron chi connectivity index (χ4n) is 2.01. The second-order valence-electron chi connectivity index (χ2n) is 4.94. The van der Waals surface area contributed by atoms with E-state index in [1.807, 2.05) is 0 Å². The lowest BCUT2D eigenvalue weighted by atomic mass is 10.2. The molecule has 138 valence electrons. The van der Waals surface area contributed by atoms with Crippen LogP contribution in [0, 0.1) is 0 Å². The Labute approximate surface area is 150 Å². The third-order valence-electron chi connectivity index (χ3n) is 3.24. The normalized spacial score (nSPS) is 10.1. The topological polar surface area (TPSA) is 109 Å². The van der Waals surface area contributed by atoms with E-state index in [9.17, 15) is 9.59 Å². The summed E-state index contributed by atoms with van der Waals surface area (Å²) in [6.07, 6.45) is 2.62. The number of methoxy groups -OCH3 is 3. The Balaban J connectivity index is 2.21. The zero-order valence-electron chi connectivity index (χ0n) is 14.6. The Morgan fingerprint density at radius 2 is 1.54 bits per heavy atom. The molecule has 9 heteroatoms. The second-order valence-corrected chi connectivity index (χ2v) is 4.94. The number of nitrogens with zero attached hydrogens (tertiary/aromatic N) is 2. The number of nitrogens with one attached hydrogen (secondary N) is 1. The highest BCUT2D eigenvalue weighted by Gasteiger charge is 2.21. The molecule has 1 heterocycles. The van der Waals surface area contributed by atoms with Crippen molar-refractivity contribution in [1.82, 2.24) is 9.97 Å². The first kappa shape index (κ1) is 19.1. The van der Waals surface area contributed by atoms with Gasteiger partial charge in [-0.2, -0.15) is 0 Å². The lowest BCUT2D eigenvalue weighted by molar-refractivity contribution is 0.0378. The molecule has 1 aromatic heterocycles. The summed E-state index contributed by atoms with van der Waals surface area (Å²) in [7, 11) is 4.48. The Bertz CT molecular complexity index is 759. The number of hydrogen-bond acceptors (Lipinski definition) is 8. The summed E-state index contributed by atoms with van der Waals surface area (Å²) in [5.41, 5.74) is 0.0724. The Morgan fingerprint density at radius 1 is 0.923 bits per heavy atom. The van der Waals surface area contributed by atoms with Crippen LogP contribution in [0.3, 0.4) is 0 Å². The van der Waals surface area contributed by atoms with Crippen LogP contribution in [0.2, 0.25) is 0 Å². The van der Waals surface area contributed by atoms with Crippen molar-refractivity contribution >= 4 is 17.6 Å². The molecule has 0 spiro atoms. The Morgan fingerprint density at radius 3 is 2.12 bits per heavy atom. The maximum Gasteiger partial charge on any atom is 0.359 e. The molecule has 0 aliphatic heterocycles. The van der Waals surface area contributed by atoms with Gasteiger partial charge in [-0.15, -0.1) is 0 Å². The average molecular weight is 361 g/mol. The van der Waals surface area contributed by atoms with Crippen molar-refractivity contribution < 1.29 is 28.5 Å². The van der Waals surface area contributed by atoms with E-state index in [1.54, 1.807) is 18.2 Å². The molecule has 0 saturated carbocycles. The summed E-state index contributed by atoms with van der Waals surface area (Å²) in [5.74, 6) is -0.383. The second kappa shape index (κ2) is 9.33. The van der Waals surface area contributed by atoms with Crippen molar-refractivity contribution in [1.29, 1.82) is 0 Å². The first-order valence-corrected chi connectivity index (χ1v) is 7.60. The molecule has 0 aliphatic carbocycles. The van der Waals surface area contributed by atoms with Crippen molar-refractivity contribution in [2.75, 3.05) is 39.9 Å². The van der Waals surface area contributed by atoms with Gasteiger partial charge in [-0.1, -0.05) is 0 Å². The number of amides is 1. The highest BCUT2D eigenvalue weighted by Crippen LogP contribution is 2.26. The zero-order valence-corrected chi connectivity index (χ0v) is 14.6. The minimum absolute atomic E-state index is 0.0417. The predicted molar refractivity (Wildman–Crippen MR) is 91.7 cm³/mol. The molecule has 1 aromatic carbocycles. The molecule has 2 rings (SSSR count). The minimum atomic E-state index is -0.761. The molecule has 0 fully saturated rings. The van der Waals surface area contributed by atoms with Gasteiger partial charge in [0.1, 0.15) is 18.1 Å². The summed E-state index contributed by atoms with van der Waals surface area (Å²) in [6, 6.07) is 4.87. The van der Waals surface area contributed by atoms with Crippen LogP contribution in [0.4, 0.5) is 5.69 Å². The Hall–Kier alpha value is -3.20. The van der Waals surface area contributed by atoms with E-state index in [-0.39, 0.29) is 24.6 Å². The number of esters is 1. The molecule has 1 amide bonds. The van der Waals surface area contributed by atoms with Gasteiger partial charge in [0.25, 0.3) is 5.91 Å². The van der Waals surface area contributed by atoms with Gasteiger partial charge in [0.2, 0.25) is 0 Å². The van der Waals surface area contributed by atoms with Gasteiger partial charge in [-0.3, -0.25) is 4.79 Å². The van der Waals surface area contributed by atoms with E-state index in [2.05, 4.69) is 15.3 Å². The number of anilines is 1. The van der Waals surface area contributed by atoms with E-state index in [0.29, 0.717) is 17.2 Å². The van der Waals surface area contributed by atoms with Crippen molar-refractivity contribution in [2.45, 2.75) is 0 Å². The highest BCUT2D eigenvalue weighted by atomic mass is 16.6. The lowest BCUT2D eigenvalue weighted by Gasteiger charge is -2.11. The molecular formula is C17H19N3O6. The number of hydrogen-bond donors (Lipinski definition) is 1. The summed E-state index contributed by atoms with van der Waals surface area (Å²) >= 11 is 0. The fraction of sp³-hybridized carbons (Fsp3) is 0.294. The number of rotatable bonds is 8. The summed E-state index contributed by atoms with van der Waals surface area (Å²) < 4.78 is 20.1. The van der Waals surface area contributed by atoms with Crippen LogP contribution in [0.5, 0.6) is 11.5 Å². The molecule has 1 N–H and O–H groups in total. The minimum Gasteiger partial charge on any atom is -0.497 e. The Kier molecular flexibility index (Phi) is 6.86. The number of carbonyl (C=O) groups is 2. The third kappa shape index (κ3) is 4.90. The van der Waals surface area contributed by atoms with Crippen LogP contribution in [0.15, 0.2) is 30.6 Å². The standard InChI is InChI=1S/C17H19N3O6/c1-23-6-7-26-17(22)15-14(18-4-5-19-15)16(21)20-11-8-12(24-2)10-13(9-11)25-3/h4-5,8-10H,6-7H2,1-3H3,(H,20,21). The molecule has 0 radical (unpaired) electrons. The number of ether oxygens (including phenoxy) is 4. The van der Waals surface area contributed by atoms with Gasteiger partial charge >= 0.3 is 5.97 Å². The summed E-state index contributed by atoms with van der Waals surface area (Å²) in [5, 5.41) is 2.64. The number of benzene rings is 1. The molecule has 0 aliphatic rings. The molecule has 2 aromatic rings. The predicted octanol–water partition coefficient (Wildman–Crippen LogP) is 1.55. The number of aromatic nitrogens is 2. The van der Waals surface area contributed by atoms with Crippen LogP contribution in [0.1, 0.15) is 21.0 Å². The van der Waals surface area contributed by atoms with Gasteiger partial charge in [0.05, 0.1) is 20.8 Å². The average Bonchev–Trinajstić information content (AvgIpc) is 2.67. The van der Waals surface area contributed by atoms with Gasteiger partial charge in [0.15, 0.2) is 11.4 Å². The van der Waals surface area contributed by atoms with Gasteiger partial charge in [-0.25, -0.2) is 14.8 Å². The van der Waals surface area contributed by atoms with Crippen molar-refractivity contribution in [3.05, 3.63) is 42.0 Å². The fourth-order valence-corrected chi connectivity index (χ4v) is 2.01. The van der Waals surface area contributed by atoms with Crippen LogP contribution in [-0.2, 0) is 9.47 Å². The van der Waals surface area contributed by atoms with Crippen molar-refractivity contribution in [3.8, 4) is 11.5 Å².